The summed E-state index contributed by atoms with van der Waals surface area (Å²) in [6.45, 7) is 1.97. The molecule has 1 aromatic rings. The molecule has 0 spiro atoms. The van der Waals surface area contributed by atoms with Gasteiger partial charge in [-0.2, -0.15) is 0 Å². The molecule has 18 heavy (non-hydrogen) atoms. The molecular formula is C11H14N2O5. The van der Waals surface area contributed by atoms with Gasteiger partial charge in [0.2, 0.25) is 0 Å². The summed E-state index contributed by atoms with van der Waals surface area (Å²) in [5.41, 5.74) is 4.50. The highest BCUT2D eigenvalue weighted by molar-refractivity contribution is 5.74. The van der Waals surface area contributed by atoms with E-state index in [4.69, 9.17) is 14.6 Å². The number of methoxy groups -OCH3 is 1. The Hall–Kier alpha value is -2.44. The maximum atomic E-state index is 11.2. The van der Waals surface area contributed by atoms with E-state index < -0.39 is 12.2 Å². The van der Waals surface area contributed by atoms with Crippen LogP contribution in [-0.4, -0.2) is 24.4 Å². The second kappa shape index (κ2) is 6.33. The lowest BCUT2D eigenvalue weighted by atomic mass is 10.1. The zero-order valence-corrected chi connectivity index (χ0v) is 10.0. The van der Waals surface area contributed by atoms with E-state index in [0.29, 0.717) is 5.75 Å². The number of carbonyl (C=O) groups is 2. The number of hydrogen-bond donors (Lipinski definition) is 3. The van der Waals surface area contributed by atoms with Crippen LogP contribution in [0.25, 0.3) is 0 Å². The van der Waals surface area contributed by atoms with Crippen molar-refractivity contribution in [3.8, 4) is 11.5 Å². The first-order valence-electron chi connectivity index (χ1n) is 5.20. The summed E-state index contributed by atoms with van der Waals surface area (Å²) in [6.07, 6.45) is -1.52. The molecule has 7 heteroatoms. The van der Waals surface area contributed by atoms with Crippen molar-refractivity contribution >= 4 is 12.2 Å². The molecule has 0 saturated heterocycles. The van der Waals surface area contributed by atoms with Gasteiger partial charge in [-0.05, 0) is 18.1 Å². The van der Waals surface area contributed by atoms with Crippen molar-refractivity contribution in [2.75, 3.05) is 7.11 Å². The number of carbonyl (C=O) groups excluding carboxylic acids is 1. The van der Waals surface area contributed by atoms with Crippen LogP contribution in [-0.2, 0) is 6.42 Å². The number of nitrogens with one attached hydrogen (secondary N) is 2. The topological polar surface area (TPSA) is 96.9 Å². The van der Waals surface area contributed by atoms with E-state index in [0.717, 1.165) is 12.0 Å². The van der Waals surface area contributed by atoms with Gasteiger partial charge in [-0.15, -0.1) is 0 Å². The van der Waals surface area contributed by atoms with Crippen LogP contribution in [0.2, 0.25) is 0 Å². The largest absolute Gasteiger partial charge is 0.496 e. The zero-order valence-electron chi connectivity index (χ0n) is 10.0. The predicted octanol–water partition coefficient (Wildman–Crippen LogP) is 1.53. The molecule has 1 aromatic carbocycles. The molecule has 0 aliphatic heterocycles. The number of rotatable bonds is 3. The van der Waals surface area contributed by atoms with Gasteiger partial charge in [0.15, 0.2) is 0 Å². The SMILES string of the molecule is CCc1ccc(OC(=O)NNC(=O)O)cc1OC. The van der Waals surface area contributed by atoms with Crippen LogP contribution in [0, 0.1) is 0 Å². The lowest BCUT2D eigenvalue weighted by Crippen LogP contribution is -2.42. The number of benzene rings is 1. The highest BCUT2D eigenvalue weighted by Crippen LogP contribution is 2.24. The van der Waals surface area contributed by atoms with E-state index in [1.807, 2.05) is 12.3 Å². The fourth-order valence-electron chi connectivity index (χ4n) is 1.32. The molecule has 0 bridgehead atoms. The van der Waals surface area contributed by atoms with Crippen LogP contribution < -0.4 is 20.3 Å². The quantitative estimate of drug-likeness (QED) is 0.711. The van der Waals surface area contributed by atoms with E-state index in [9.17, 15) is 9.59 Å². The van der Waals surface area contributed by atoms with E-state index in [1.165, 1.54) is 7.11 Å². The van der Waals surface area contributed by atoms with Crippen molar-refractivity contribution in [3.05, 3.63) is 23.8 Å². The Morgan fingerprint density at radius 1 is 1.33 bits per heavy atom. The van der Waals surface area contributed by atoms with Crippen molar-refractivity contribution in [2.45, 2.75) is 13.3 Å². The molecule has 0 heterocycles. The van der Waals surface area contributed by atoms with Gasteiger partial charge in [-0.1, -0.05) is 13.0 Å². The Balaban J connectivity index is 2.67. The van der Waals surface area contributed by atoms with Gasteiger partial charge in [0.05, 0.1) is 7.11 Å². The number of amides is 2. The van der Waals surface area contributed by atoms with Gasteiger partial charge in [-0.3, -0.25) is 0 Å². The van der Waals surface area contributed by atoms with Crippen LogP contribution in [0.5, 0.6) is 11.5 Å². The minimum Gasteiger partial charge on any atom is -0.496 e. The average Bonchev–Trinajstić information content (AvgIpc) is 2.36. The van der Waals surface area contributed by atoms with E-state index in [-0.39, 0.29) is 5.75 Å². The minimum absolute atomic E-state index is 0.258. The highest BCUT2D eigenvalue weighted by atomic mass is 16.6. The van der Waals surface area contributed by atoms with Gasteiger partial charge in [0.25, 0.3) is 0 Å². The Morgan fingerprint density at radius 3 is 2.61 bits per heavy atom. The average molecular weight is 254 g/mol. The van der Waals surface area contributed by atoms with E-state index >= 15 is 0 Å². The fourth-order valence-corrected chi connectivity index (χ4v) is 1.32. The number of aryl methyl sites for hydroxylation is 1. The van der Waals surface area contributed by atoms with E-state index in [1.54, 1.807) is 23.6 Å². The van der Waals surface area contributed by atoms with Crippen molar-refractivity contribution < 1.29 is 24.2 Å². The molecule has 0 radical (unpaired) electrons. The van der Waals surface area contributed by atoms with Gasteiger partial charge in [0.1, 0.15) is 11.5 Å². The minimum atomic E-state index is -1.38. The standard InChI is InChI=1S/C11H14N2O5/c1-3-7-4-5-8(6-9(7)17-2)18-11(16)13-12-10(14)15/h4-6,12H,3H2,1-2H3,(H,13,16)(H,14,15). The molecule has 3 N–H and O–H groups in total. The molecule has 0 aliphatic rings. The summed E-state index contributed by atoms with van der Waals surface area (Å²) < 4.78 is 9.99. The first-order valence-corrected chi connectivity index (χ1v) is 5.20. The van der Waals surface area contributed by atoms with Crippen LogP contribution in [0.1, 0.15) is 12.5 Å². The second-order valence-electron chi connectivity index (χ2n) is 3.27. The number of hydrazine groups is 1. The predicted molar refractivity (Wildman–Crippen MR) is 62.7 cm³/mol. The van der Waals surface area contributed by atoms with Gasteiger partial charge in [-0.25, -0.2) is 20.4 Å². The molecule has 98 valence electrons. The van der Waals surface area contributed by atoms with Crippen molar-refractivity contribution in [1.82, 2.24) is 10.9 Å². The zero-order chi connectivity index (χ0) is 13.5. The Kier molecular flexibility index (Phi) is 4.79. The third kappa shape index (κ3) is 3.85. The van der Waals surface area contributed by atoms with Crippen molar-refractivity contribution in [1.29, 1.82) is 0 Å². The molecule has 1 rings (SSSR count). The molecule has 0 saturated carbocycles. The summed E-state index contributed by atoms with van der Waals surface area (Å²) in [7, 11) is 1.52. The van der Waals surface area contributed by atoms with E-state index in [2.05, 4.69) is 0 Å². The summed E-state index contributed by atoms with van der Waals surface area (Å²) in [4.78, 5) is 21.3. The molecule has 0 aromatic heterocycles. The summed E-state index contributed by atoms with van der Waals surface area (Å²) in [6, 6.07) is 4.92. The Labute approximate surface area is 104 Å². The molecule has 0 aliphatic carbocycles. The van der Waals surface area contributed by atoms with Gasteiger partial charge < -0.3 is 14.6 Å². The van der Waals surface area contributed by atoms with Crippen LogP contribution >= 0.6 is 0 Å². The number of carboxylic acid groups (broad SMARTS) is 1. The van der Waals surface area contributed by atoms with Crippen LogP contribution in [0.4, 0.5) is 9.59 Å². The molecule has 2 amide bonds. The molecule has 0 unspecified atom stereocenters. The Morgan fingerprint density at radius 2 is 2.06 bits per heavy atom. The monoisotopic (exact) mass is 254 g/mol. The maximum Gasteiger partial charge on any atom is 0.431 e. The second-order valence-corrected chi connectivity index (χ2v) is 3.27. The smallest absolute Gasteiger partial charge is 0.431 e. The molecular weight excluding hydrogens is 240 g/mol. The summed E-state index contributed by atoms with van der Waals surface area (Å²) >= 11 is 0. The molecule has 0 atom stereocenters. The van der Waals surface area contributed by atoms with Gasteiger partial charge >= 0.3 is 12.2 Å². The number of hydrogen-bond acceptors (Lipinski definition) is 4. The lowest BCUT2D eigenvalue weighted by molar-refractivity contribution is 0.175. The van der Waals surface area contributed by atoms with Crippen LogP contribution in [0.15, 0.2) is 18.2 Å². The van der Waals surface area contributed by atoms with Crippen LogP contribution in [0.3, 0.4) is 0 Å². The lowest BCUT2D eigenvalue weighted by Gasteiger charge is -2.10. The first-order chi connectivity index (χ1) is 8.56. The van der Waals surface area contributed by atoms with Crippen molar-refractivity contribution in [3.63, 3.8) is 0 Å². The third-order valence-electron chi connectivity index (χ3n) is 2.12. The van der Waals surface area contributed by atoms with Gasteiger partial charge in [0, 0.05) is 6.07 Å². The normalized spacial score (nSPS) is 9.44. The molecule has 7 nitrogen and oxygen atoms in total. The molecule has 0 fully saturated rings. The third-order valence-corrected chi connectivity index (χ3v) is 2.12. The summed E-state index contributed by atoms with van der Waals surface area (Å²) in [5, 5.41) is 8.28. The summed E-state index contributed by atoms with van der Waals surface area (Å²) in [5.74, 6) is 0.864. The maximum absolute atomic E-state index is 11.2. The highest BCUT2D eigenvalue weighted by Gasteiger charge is 2.08. The fraction of sp³-hybridized carbons (Fsp3) is 0.273. The van der Waals surface area contributed by atoms with Crippen molar-refractivity contribution in [2.24, 2.45) is 0 Å². The number of ether oxygens (including phenoxy) is 2. The Bertz CT molecular complexity index is 447. The first kappa shape index (κ1) is 13.6.